The third kappa shape index (κ3) is 4.97. The smallest absolute Gasteiger partial charge is 0.227 e. The lowest BCUT2D eigenvalue weighted by Crippen LogP contribution is -2.20. The van der Waals surface area contributed by atoms with Crippen molar-refractivity contribution in [2.24, 2.45) is 0 Å². The molecule has 0 atom stereocenters. The molecule has 0 bridgehead atoms. The van der Waals surface area contributed by atoms with E-state index in [1.54, 1.807) is 6.20 Å². The van der Waals surface area contributed by atoms with E-state index < -0.39 is 0 Å². The van der Waals surface area contributed by atoms with Crippen LogP contribution in [0.2, 0.25) is 0 Å². The summed E-state index contributed by atoms with van der Waals surface area (Å²) in [4.78, 5) is 12.4. The summed E-state index contributed by atoms with van der Waals surface area (Å²) in [6.45, 7) is 8.67. The monoisotopic (exact) mass is 458 g/mol. The van der Waals surface area contributed by atoms with Crippen LogP contribution in [-0.2, 0) is 13.0 Å². The fourth-order valence-electron chi connectivity index (χ4n) is 4.67. The maximum absolute atomic E-state index is 4.92. The standard InChI is InChI=1S/C26H34N8/c1-20(2)22-19-29-34-25(22)30-24(12-5-6-14-32-15-7-8-16-32)31-26(34)27-18-21-10-3-4-11-23(21)33-17-9-13-28-33/h3-4,9-11,13,17,19-20H,5-8,12,14-16,18H2,1-2H3,(H,27,30,31). The first-order valence-corrected chi connectivity index (χ1v) is 12.5. The Kier molecular flexibility index (Phi) is 6.85. The second-order valence-corrected chi connectivity index (χ2v) is 9.39. The van der Waals surface area contributed by atoms with Crippen LogP contribution in [0, 0.1) is 0 Å². The molecular formula is C26H34N8. The number of benzene rings is 1. The van der Waals surface area contributed by atoms with Crippen molar-refractivity contribution < 1.29 is 0 Å². The summed E-state index contributed by atoms with van der Waals surface area (Å²) in [7, 11) is 0. The minimum absolute atomic E-state index is 0.351. The van der Waals surface area contributed by atoms with Crippen molar-refractivity contribution in [3.8, 4) is 5.69 Å². The number of hydrogen-bond donors (Lipinski definition) is 1. The van der Waals surface area contributed by atoms with E-state index >= 15 is 0 Å². The zero-order chi connectivity index (χ0) is 23.3. The van der Waals surface area contributed by atoms with E-state index in [2.05, 4.69) is 52.5 Å². The van der Waals surface area contributed by atoms with Gasteiger partial charge in [-0.2, -0.15) is 19.7 Å². The lowest BCUT2D eigenvalue weighted by molar-refractivity contribution is 0.330. The summed E-state index contributed by atoms with van der Waals surface area (Å²) < 4.78 is 3.74. The molecule has 8 heteroatoms. The molecule has 4 heterocycles. The van der Waals surface area contributed by atoms with Gasteiger partial charge in [0.05, 0.1) is 11.9 Å². The molecule has 1 aliphatic heterocycles. The van der Waals surface area contributed by atoms with Crippen molar-refractivity contribution in [2.75, 3.05) is 25.0 Å². The zero-order valence-electron chi connectivity index (χ0n) is 20.2. The number of fused-ring (bicyclic) bond motifs is 1. The van der Waals surface area contributed by atoms with Gasteiger partial charge in [-0.1, -0.05) is 32.0 Å². The number of aromatic nitrogens is 6. The predicted octanol–water partition coefficient (Wildman–Crippen LogP) is 4.46. The number of anilines is 1. The van der Waals surface area contributed by atoms with Crippen LogP contribution in [-0.4, -0.2) is 53.9 Å². The summed E-state index contributed by atoms with van der Waals surface area (Å²) >= 11 is 0. The van der Waals surface area contributed by atoms with E-state index in [-0.39, 0.29) is 0 Å². The van der Waals surface area contributed by atoms with E-state index in [0.29, 0.717) is 12.5 Å². The molecule has 34 heavy (non-hydrogen) atoms. The highest BCUT2D eigenvalue weighted by Crippen LogP contribution is 2.22. The number of rotatable bonds is 10. The first-order valence-electron chi connectivity index (χ1n) is 12.5. The minimum Gasteiger partial charge on any atom is -0.350 e. The van der Waals surface area contributed by atoms with Gasteiger partial charge in [-0.25, -0.2) is 9.67 Å². The second-order valence-electron chi connectivity index (χ2n) is 9.39. The zero-order valence-corrected chi connectivity index (χ0v) is 20.2. The quantitative estimate of drug-likeness (QED) is 0.354. The van der Waals surface area contributed by atoms with Crippen LogP contribution in [0.3, 0.4) is 0 Å². The predicted molar refractivity (Wildman–Crippen MR) is 134 cm³/mol. The first-order chi connectivity index (χ1) is 16.7. The topological polar surface area (TPSA) is 76.2 Å². The van der Waals surface area contributed by atoms with Crippen molar-refractivity contribution in [3.05, 3.63) is 65.9 Å². The summed E-state index contributed by atoms with van der Waals surface area (Å²) in [6, 6.07) is 10.2. The average Bonchev–Trinajstić information content (AvgIpc) is 3.62. The van der Waals surface area contributed by atoms with Crippen LogP contribution >= 0.6 is 0 Å². The average molecular weight is 459 g/mol. The molecule has 0 saturated carbocycles. The highest BCUT2D eigenvalue weighted by Gasteiger charge is 2.16. The van der Waals surface area contributed by atoms with E-state index in [0.717, 1.165) is 47.1 Å². The second kappa shape index (κ2) is 10.3. The number of likely N-dealkylation sites (tertiary alicyclic amines) is 1. The minimum atomic E-state index is 0.351. The summed E-state index contributed by atoms with van der Waals surface area (Å²) in [5.41, 5.74) is 4.25. The van der Waals surface area contributed by atoms with Crippen LogP contribution in [0.4, 0.5) is 5.95 Å². The molecule has 0 unspecified atom stereocenters. The Morgan fingerprint density at radius 1 is 1.00 bits per heavy atom. The maximum atomic E-state index is 4.92. The lowest BCUT2D eigenvalue weighted by Gasteiger charge is -2.14. The van der Waals surface area contributed by atoms with Crippen LogP contribution in [0.25, 0.3) is 11.3 Å². The van der Waals surface area contributed by atoms with Gasteiger partial charge in [0.25, 0.3) is 0 Å². The maximum Gasteiger partial charge on any atom is 0.227 e. The Labute approximate surface area is 201 Å². The molecule has 4 aromatic rings. The number of nitrogens with one attached hydrogen (secondary N) is 1. The van der Waals surface area contributed by atoms with E-state index in [9.17, 15) is 0 Å². The third-order valence-corrected chi connectivity index (χ3v) is 6.57. The van der Waals surface area contributed by atoms with Gasteiger partial charge in [0.1, 0.15) is 5.82 Å². The third-order valence-electron chi connectivity index (χ3n) is 6.57. The summed E-state index contributed by atoms with van der Waals surface area (Å²) in [5, 5.41) is 12.6. The fourth-order valence-corrected chi connectivity index (χ4v) is 4.67. The number of para-hydroxylation sites is 1. The van der Waals surface area contributed by atoms with Gasteiger partial charge in [0.2, 0.25) is 5.95 Å². The molecule has 0 amide bonds. The molecule has 0 radical (unpaired) electrons. The largest absolute Gasteiger partial charge is 0.350 e. The van der Waals surface area contributed by atoms with E-state index in [1.165, 1.54) is 38.9 Å². The molecule has 1 fully saturated rings. The van der Waals surface area contributed by atoms with Gasteiger partial charge >= 0.3 is 0 Å². The van der Waals surface area contributed by atoms with Crippen LogP contribution < -0.4 is 5.32 Å². The number of nitrogens with zero attached hydrogens (tertiary/aromatic N) is 7. The number of unbranched alkanes of at least 4 members (excludes halogenated alkanes) is 1. The van der Waals surface area contributed by atoms with Crippen LogP contribution in [0.1, 0.15) is 62.4 Å². The molecule has 178 valence electrons. The first kappa shape index (κ1) is 22.5. The highest BCUT2D eigenvalue weighted by atomic mass is 15.3. The number of aryl methyl sites for hydroxylation is 1. The molecule has 1 N–H and O–H groups in total. The molecule has 8 nitrogen and oxygen atoms in total. The van der Waals surface area contributed by atoms with E-state index in [1.807, 2.05) is 33.7 Å². The SMILES string of the molecule is CC(C)c1cnn2c(NCc3ccccc3-n3cccn3)nc(CCCCN3CCCC3)nc12. The molecule has 1 aliphatic rings. The van der Waals surface area contributed by atoms with Crippen molar-refractivity contribution >= 4 is 11.6 Å². The Balaban J connectivity index is 1.35. The van der Waals surface area contributed by atoms with Gasteiger partial charge in [0, 0.05) is 30.9 Å². The molecule has 5 rings (SSSR count). The molecule has 1 aromatic carbocycles. The van der Waals surface area contributed by atoms with Crippen molar-refractivity contribution in [1.82, 2.24) is 34.3 Å². The van der Waals surface area contributed by atoms with Crippen molar-refractivity contribution in [1.29, 1.82) is 0 Å². The Morgan fingerprint density at radius 2 is 1.85 bits per heavy atom. The molecular weight excluding hydrogens is 424 g/mol. The van der Waals surface area contributed by atoms with Gasteiger partial charge in [-0.15, -0.1) is 0 Å². The van der Waals surface area contributed by atoms with Gasteiger partial charge in [-0.05, 0) is 68.9 Å². The Bertz CT molecular complexity index is 1210. The summed E-state index contributed by atoms with van der Waals surface area (Å²) in [6.07, 6.45) is 11.5. The van der Waals surface area contributed by atoms with Crippen LogP contribution in [0.5, 0.6) is 0 Å². The highest BCUT2D eigenvalue weighted by molar-refractivity contribution is 5.53. The van der Waals surface area contributed by atoms with Gasteiger partial charge in [-0.3, -0.25) is 0 Å². The molecule has 0 aliphatic carbocycles. The van der Waals surface area contributed by atoms with Crippen LogP contribution in [0.15, 0.2) is 48.9 Å². The normalized spacial score (nSPS) is 14.4. The van der Waals surface area contributed by atoms with Crippen molar-refractivity contribution in [2.45, 2.75) is 58.4 Å². The molecule has 1 saturated heterocycles. The summed E-state index contributed by atoms with van der Waals surface area (Å²) in [5.74, 6) is 1.98. The molecule has 0 spiro atoms. The van der Waals surface area contributed by atoms with Gasteiger partial charge < -0.3 is 10.2 Å². The van der Waals surface area contributed by atoms with Gasteiger partial charge in [0.15, 0.2) is 5.65 Å². The number of hydrogen-bond acceptors (Lipinski definition) is 6. The van der Waals surface area contributed by atoms with E-state index in [4.69, 9.17) is 9.97 Å². The lowest BCUT2D eigenvalue weighted by atomic mass is 10.1. The Hall–Kier alpha value is -3.26. The fraction of sp³-hybridized carbons (Fsp3) is 0.462. The Morgan fingerprint density at radius 3 is 2.65 bits per heavy atom. The van der Waals surface area contributed by atoms with Crippen molar-refractivity contribution in [3.63, 3.8) is 0 Å². The molecule has 3 aromatic heterocycles.